The molecule has 0 saturated carbocycles. The predicted octanol–water partition coefficient (Wildman–Crippen LogP) is 3.18. The van der Waals surface area contributed by atoms with E-state index in [0.717, 1.165) is 28.8 Å². The van der Waals surface area contributed by atoms with Gasteiger partial charge in [0.25, 0.3) is 0 Å². The first-order valence-corrected chi connectivity index (χ1v) is 11.3. The van der Waals surface area contributed by atoms with Crippen molar-refractivity contribution >= 4 is 26.9 Å². The molecule has 0 radical (unpaired) electrons. The number of nitrogens with zero attached hydrogens (tertiary/aromatic N) is 2. The standard InChI is InChI=1S/C22H24N2O4S/c1-3-29(26,27)24-20-10-9-17(22(25)28-15-16-7-5-4-6-8-16)13-18(20)19-14-23(2)12-11-21(19)24/h4-10,13H,3,11-12,14-15H2,1-2H3. The van der Waals surface area contributed by atoms with Crippen LogP contribution in [0.4, 0.5) is 0 Å². The fraction of sp³-hybridized carbons (Fsp3) is 0.318. The smallest absolute Gasteiger partial charge is 0.338 e. The van der Waals surface area contributed by atoms with Crippen LogP contribution < -0.4 is 0 Å². The number of fused-ring (bicyclic) bond motifs is 3. The average molecular weight is 413 g/mol. The Morgan fingerprint density at radius 3 is 2.62 bits per heavy atom. The number of benzene rings is 2. The lowest BCUT2D eigenvalue weighted by Gasteiger charge is -2.24. The molecule has 0 bridgehead atoms. The normalized spacial score (nSPS) is 14.7. The summed E-state index contributed by atoms with van der Waals surface area (Å²) in [5.41, 5.74) is 3.78. The second-order valence-corrected chi connectivity index (χ2v) is 9.48. The fourth-order valence-corrected chi connectivity index (χ4v) is 5.09. The van der Waals surface area contributed by atoms with Crippen molar-refractivity contribution in [2.75, 3.05) is 19.3 Å². The monoisotopic (exact) mass is 412 g/mol. The summed E-state index contributed by atoms with van der Waals surface area (Å²) in [6.07, 6.45) is 0.660. The molecule has 29 heavy (non-hydrogen) atoms. The highest BCUT2D eigenvalue weighted by molar-refractivity contribution is 7.90. The highest BCUT2D eigenvalue weighted by Crippen LogP contribution is 2.33. The molecule has 1 aliphatic heterocycles. The van der Waals surface area contributed by atoms with Gasteiger partial charge < -0.3 is 9.64 Å². The van der Waals surface area contributed by atoms with E-state index in [9.17, 15) is 13.2 Å². The Kier molecular flexibility index (Phi) is 5.19. The van der Waals surface area contributed by atoms with Crippen LogP contribution in [-0.4, -0.2) is 42.6 Å². The molecule has 0 spiro atoms. The molecule has 0 N–H and O–H groups in total. The van der Waals surface area contributed by atoms with E-state index in [0.29, 0.717) is 24.0 Å². The van der Waals surface area contributed by atoms with E-state index in [2.05, 4.69) is 4.90 Å². The van der Waals surface area contributed by atoms with Crippen LogP contribution in [0.15, 0.2) is 48.5 Å². The Labute approximate surface area is 170 Å². The number of likely N-dealkylation sites (N-methyl/N-ethyl adjacent to an activating group) is 1. The van der Waals surface area contributed by atoms with Crippen LogP contribution in [-0.2, 0) is 34.3 Å². The van der Waals surface area contributed by atoms with E-state index >= 15 is 0 Å². The number of hydrogen-bond donors (Lipinski definition) is 0. The number of rotatable bonds is 5. The summed E-state index contributed by atoms with van der Waals surface area (Å²) in [5, 5.41) is 0.803. The molecule has 0 atom stereocenters. The zero-order chi connectivity index (χ0) is 20.6. The first kappa shape index (κ1) is 19.7. The minimum absolute atomic E-state index is 0.0277. The molecular weight excluding hydrogens is 388 g/mol. The van der Waals surface area contributed by atoms with Gasteiger partial charge in [-0.1, -0.05) is 30.3 Å². The van der Waals surface area contributed by atoms with Crippen molar-refractivity contribution in [1.29, 1.82) is 0 Å². The average Bonchev–Trinajstić information content (AvgIpc) is 3.06. The highest BCUT2D eigenvalue weighted by atomic mass is 32.2. The number of hydrogen-bond acceptors (Lipinski definition) is 5. The van der Waals surface area contributed by atoms with Crippen molar-refractivity contribution in [2.24, 2.45) is 0 Å². The third kappa shape index (κ3) is 3.68. The van der Waals surface area contributed by atoms with Crippen molar-refractivity contribution in [1.82, 2.24) is 8.87 Å². The molecule has 3 aromatic rings. The first-order valence-electron chi connectivity index (χ1n) is 9.69. The van der Waals surface area contributed by atoms with Crippen LogP contribution in [0.5, 0.6) is 0 Å². The third-order valence-corrected chi connectivity index (χ3v) is 7.09. The summed E-state index contributed by atoms with van der Waals surface area (Å²) in [4.78, 5) is 14.8. The summed E-state index contributed by atoms with van der Waals surface area (Å²) in [6, 6.07) is 14.6. The zero-order valence-corrected chi connectivity index (χ0v) is 17.4. The number of aromatic nitrogens is 1. The molecule has 152 valence electrons. The Balaban J connectivity index is 1.74. The summed E-state index contributed by atoms with van der Waals surface area (Å²) >= 11 is 0. The van der Waals surface area contributed by atoms with E-state index < -0.39 is 16.0 Å². The molecule has 0 fully saturated rings. The second-order valence-electron chi connectivity index (χ2n) is 7.37. The van der Waals surface area contributed by atoms with Gasteiger partial charge in [-0.25, -0.2) is 17.2 Å². The number of esters is 1. The second kappa shape index (κ2) is 7.65. The van der Waals surface area contributed by atoms with Gasteiger partial charge in [0, 0.05) is 30.6 Å². The molecule has 2 heterocycles. The topological polar surface area (TPSA) is 68.6 Å². The Morgan fingerprint density at radius 2 is 1.90 bits per heavy atom. The molecule has 2 aromatic carbocycles. The minimum atomic E-state index is -3.44. The molecule has 7 heteroatoms. The Hall–Kier alpha value is -2.64. The largest absolute Gasteiger partial charge is 0.457 e. The van der Waals surface area contributed by atoms with Crippen LogP contribution in [0.2, 0.25) is 0 Å². The zero-order valence-electron chi connectivity index (χ0n) is 16.6. The van der Waals surface area contributed by atoms with Crippen LogP contribution in [0.3, 0.4) is 0 Å². The van der Waals surface area contributed by atoms with Gasteiger partial charge in [-0.15, -0.1) is 0 Å². The molecule has 1 aliphatic rings. The molecule has 1 aromatic heterocycles. The van der Waals surface area contributed by atoms with Crippen LogP contribution in [0, 0.1) is 0 Å². The highest BCUT2D eigenvalue weighted by Gasteiger charge is 2.28. The maximum Gasteiger partial charge on any atom is 0.338 e. The lowest BCUT2D eigenvalue weighted by atomic mass is 10.0. The van der Waals surface area contributed by atoms with E-state index in [-0.39, 0.29) is 12.4 Å². The van der Waals surface area contributed by atoms with Crippen LogP contribution in [0.25, 0.3) is 10.9 Å². The van der Waals surface area contributed by atoms with Crippen LogP contribution in [0.1, 0.15) is 34.1 Å². The van der Waals surface area contributed by atoms with Gasteiger partial charge in [-0.2, -0.15) is 0 Å². The van der Waals surface area contributed by atoms with E-state index in [1.807, 2.05) is 37.4 Å². The van der Waals surface area contributed by atoms with Crippen LogP contribution >= 0.6 is 0 Å². The van der Waals surface area contributed by atoms with Crippen molar-refractivity contribution in [3.05, 3.63) is 70.9 Å². The Morgan fingerprint density at radius 1 is 1.14 bits per heavy atom. The summed E-state index contributed by atoms with van der Waals surface area (Å²) in [5.74, 6) is -0.389. The van der Waals surface area contributed by atoms with E-state index in [1.54, 1.807) is 25.1 Å². The number of carbonyl (C=O) groups excluding carboxylic acids is 1. The first-order chi connectivity index (χ1) is 13.9. The SMILES string of the molecule is CCS(=O)(=O)n1c2c(c3cc(C(=O)OCc4ccccc4)ccc31)CN(C)CC2. The molecule has 0 saturated heterocycles. The molecule has 0 unspecified atom stereocenters. The molecule has 0 aliphatic carbocycles. The minimum Gasteiger partial charge on any atom is -0.457 e. The van der Waals surface area contributed by atoms with Crippen molar-refractivity contribution < 1.29 is 17.9 Å². The lowest BCUT2D eigenvalue weighted by Crippen LogP contribution is -2.29. The quantitative estimate of drug-likeness (QED) is 0.602. The van der Waals surface area contributed by atoms with Gasteiger partial charge in [-0.05, 0) is 43.3 Å². The van der Waals surface area contributed by atoms with Crippen molar-refractivity contribution in [3.8, 4) is 0 Å². The lowest BCUT2D eigenvalue weighted by molar-refractivity contribution is 0.0473. The molecular formula is C22H24N2O4S. The molecule has 6 nitrogen and oxygen atoms in total. The third-order valence-electron chi connectivity index (χ3n) is 5.38. The summed E-state index contributed by atoms with van der Waals surface area (Å²) in [7, 11) is -1.43. The van der Waals surface area contributed by atoms with Gasteiger partial charge in [0.2, 0.25) is 10.0 Å². The summed E-state index contributed by atoms with van der Waals surface area (Å²) < 4.78 is 32.5. The summed E-state index contributed by atoms with van der Waals surface area (Å²) in [6.45, 7) is 3.30. The van der Waals surface area contributed by atoms with Crippen molar-refractivity contribution in [3.63, 3.8) is 0 Å². The fourth-order valence-electron chi connectivity index (χ4n) is 3.83. The van der Waals surface area contributed by atoms with Gasteiger partial charge >= 0.3 is 5.97 Å². The predicted molar refractivity (Wildman–Crippen MR) is 112 cm³/mol. The van der Waals surface area contributed by atoms with Gasteiger partial charge in [0.05, 0.1) is 16.8 Å². The number of carbonyl (C=O) groups is 1. The van der Waals surface area contributed by atoms with E-state index in [1.165, 1.54) is 3.97 Å². The molecule has 4 rings (SSSR count). The number of ether oxygens (including phenoxy) is 1. The maximum atomic E-state index is 12.8. The van der Waals surface area contributed by atoms with Crippen molar-refractivity contribution in [2.45, 2.75) is 26.5 Å². The van der Waals surface area contributed by atoms with Gasteiger partial charge in [-0.3, -0.25) is 0 Å². The molecule has 0 amide bonds. The van der Waals surface area contributed by atoms with Gasteiger partial charge in [0.15, 0.2) is 0 Å². The van der Waals surface area contributed by atoms with Gasteiger partial charge in [0.1, 0.15) is 6.61 Å². The van der Waals surface area contributed by atoms with E-state index in [4.69, 9.17) is 4.74 Å². The Bertz CT molecular complexity index is 1170. The maximum absolute atomic E-state index is 12.8.